The molecule has 68 valence electrons. The summed E-state index contributed by atoms with van der Waals surface area (Å²) in [5.41, 5.74) is 3.14. The zero-order chi connectivity index (χ0) is 8.97. The summed E-state index contributed by atoms with van der Waals surface area (Å²) in [4.78, 5) is 0. The maximum Gasteiger partial charge on any atom is -0.00557 e. The van der Waals surface area contributed by atoms with Crippen molar-refractivity contribution in [1.29, 1.82) is 0 Å². The van der Waals surface area contributed by atoms with E-state index < -0.39 is 0 Å². The molecule has 1 heteroatoms. The lowest BCUT2D eigenvalue weighted by Gasteiger charge is -2.10. The van der Waals surface area contributed by atoms with Crippen molar-refractivity contribution in [2.45, 2.75) is 46.0 Å². The first-order valence-electron chi connectivity index (χ1n) is 4.84. The number of aryl methyl sites for hydroxylation is 1. The van der Waals surface area contributed by atoms with Crippen LogP contribution in [0, 0.1) is 0 Å². The van der Waals surface area contributed by atoms with Gasteiger partial charge in [0.15, 0.2) is 0 Å². The monoisotopic (exact) mass is 182 g/mol. The van der Waals surface area contributed by atoms with Crippen molar-refractivity contribution in [3.05, 3.63) is 21.9 Å². The van der Waals surface area contributed by atoms with Crippen LogP contribution >= 0.6 is 11.3 Å². The second kappa shape index (κ2) is 4.66. The molecule has 0 spiro atoms. The fraction of sp³-hybridized carbons (Fsp3) is 0.636. The van der Waals surface area contributed by atoms with Gasteiger partial charge in [0.25, 0.3) is 0 Å². The van der Waals surface area contributed by atoms with Crippen LogP contribution in [0.15, 0.2) is 10.8 Å². The maximum absolute atomic E-state index is 2.34. The molecule has 1 rings (SSSR count). The van der Waals surface area contributed by atoms with Crippen molar-refractivity contribution < 1.29 is 0 Å². The molecule has 0 bridgehead atoms. The van der Waals surface area contributed by atoms with E-state index in [1.54, 1.807) is 11.1 Å². The molecule has 0 radical (unpaired) electrons. The molecule has 0 amide bonds. The lowest BCUT2D eigenvalue weighted by atomic mass is 9.95. The van der Waals surface area contributed by atoms with Gasteiger partial charge in [-0.15, -0.1) is 0 Å². The normalized spacial score (nSPS) is 13.2. The highest BCUT2D eigenvalue weighted by Gasteiger charge is 2.08. The van der Waals surface area contributed by atoms with E-state index in [0.29, 0.717) is 0 Å². The van der Waals surface area contributed by atoms with Crippen molar-refractivity contribution in [1.82, 2.24) is 0 Å². The summed E-state index contributed by atoms with van der Waals surface area (Å²) in [6.07, 6.45) is 3.80. The van der Waals surface area contributed by atoms with Crippen molar-refractivity contribution in [3.63, 3.8) is 0 Å². The van der Waals surface area contributed by atoms with Crippen LogP contribution in [0.5, 0.6) is 0 Å². The van der Waals surface area contributed by atoms with E-state index in [-0.39, 0.29) is 0 Å². The quantitative estimate of drug-likeness (QED) is 0.654. The number of rotatable bonds is 4. The Morgan fingerprint density at radius 3 is 2.67 bits per heavy atom. The molecule has 12 heavy (non-hydrogen) atoms. The third kappa shape index (κ3) is 2.10. The third-order valence-corrected chi connectivity index (χ3v) is 3.22. The SMILES string of the molecule is CCCC(C)c1cscc1CC. The summed E-state index contributed by atoms with van der Waals surface area (Å²) in [6, 6.07) is 0. The van der Waals surface area contributed by atoms with Crippen LogP contribution in [0.4, 0.5) is 0 Å². The highest BCUT2D eigenvalue weighted by atomic mass is 32.1. The highest BCUT2D eigenvalue weighted by Crippen LogP contribution is 2.27. The van der Waals surface area contributed by atoms with Crippen LogP contribution in [0.3, 0.4) is 0 Å². The molecule has 1 aromatic rings. The Labute approximate surface area is 79.6 Å². The lowest BCUT2D eigenvalue weighted by molar-refractivity contribution is 0.661. The van der Waals surface area contributed by atoms with Gasteiger partial charge in [0, 0.05) is 0 Å². The van der Waals surface area contributed by atoms with Crippen molar-refractivity contribution in [2.75, 3.05) is 0 Å². The molecule has 0 saturated heterocycles. The second-order valence-corrected chi connectivity index (χ2v) is 4.14. The molecule has 0 nitrogen and oxygen atoms in total. The van der Waals surface area contributed by atoms with Crippen molar-refractivity contribution >= 4 is 11.3 Å². The Hall–Kier alpha value is -0.300. The zero-order valence-corrected chi connectivity index (χ0v) is 9.08. The molecule has 1 aromatic heterocycles. The lowest BCUT2D eigenvalue weighted by Crippen LogP contribution is -1.94. The van der Waals surface area contributed by atoms with Crippen molar-refractivity contribution in [3.8, 4) is 0 Å². The highest BCUT2D eigenvalue weighted by molar-refractivity contribution is 7.08. The smallest absolute Gasteiger partial charge is 0.00557 e. The minimum Gasteiger partial charge on any atom is -0.152 e. The summed E-state index contributed by atoms with van der Waals surface area (Å²) in [6.45, 7) is 6.84. The van der Waals surface area contributed by atoms with Gasteiger partial charge in [0.05, 0.1) is 0 Å². The molecule has 0 aliphatic heterocycles. The van der Waals surface area contributed by atoms with Gasteiger partial charge < -0.3 is 0 Å². The van der Waals surface area contributed by atoms with E-state index in [4.69, 9.17) is 0 Å². The Balaban J connectivity index is 2.71. The minimum absolute atomic E-state index is 0.760. The van der Waals surface area contributed by atoms with E-state index in [0.717, 1.165) is 5.92 Å². The van der Waals surface area contributed by atoms with Gasteiger partial charge in [-0.2, -0.15) is 11.3 Å². The van der Waals surface area contributed by atoms with Crippen molar-refractivity contribution in [2.24, 2.45) is 0 Å². The van der Waals surface area contributed by atoms with Gasteiger partial charge in [0.2, 0.25) is 0 Å². The number of hydrogen-bond donors (Lipinski definition) is 0. The predicted molar refractivity (Wildman–Crippen MR) is 57.0 cm³/mol. The van der Waals surface area contributed by atoms with E-state index in [1.165, 1.54) is 19.3 Å². The number of hydrogen-bond acceptors (Lipinski definition) is 1. The summed E-state index contributed by atoms with van der Waals surface area (Å²) in [5.74, 6) is 0.760. The van der Waals surface area contributed by atoms with Gasteiger partial charge in [-0.05, 0) is 40.6 Å². The predicted octanol–water partition coefficient (Wildman–Crippen LogP) is 4.21. The average molecular weight is 182 g/mol. The molecule has 1 heterocycles. The Bertz CT molecular complexity index is 225. The van der Waals surface area contributed by atoms with Crippen LogP contribution in [0.25, 0.3) is 0 Å². The van der Waals surface area contributed by atoms with Crippen LogP contribution < -0.4 is 0 Å². The molecular formula is C11H18S. The molecule has 1 atom stereocenters. The van der Waals surface area contributed by atoms with E-state index >= 15 is 0 Å². The molecule has 0 aromatic carbocycles. The largest absolute Gasteiger partial charge is 0.152 e. The van der Waals surface area contributed by atoms with E-state index in [1.807, 2.05) is 11.3 Å². The van der Waals surface area contributed by atoms with Crippen LogP contribution in [-0.2, 0) is 6.42 Å². The first-order chi connectivity index (χ1) is 5.79. The Morgan fingerprint density at radius 2 is 2.08 bits per heavy atom. The third-order valence-electron chi connectivity index (χ3n) is 2.41. The minimum atomic E-state index is 0.760. The van der Waals surface area contributed by atoms with Gasteiger partial charge in [-0.3, -0.25) is 0 Å². The molecule has 0 saturated carbocycles. The Kier molecular flexibility index (Phi) is 3.80. The number of thiophene rings is 1. The second-order valence-electron chi connectivity index (χ2n) is 3.40. The molecule has 0 N–H and O–H groups in total. The summed E-state index contributed by atoms with van der Waals surface area (Å²) in [7, 11) is 0. The first-order valence-corrected chi connectivity index (χ1v) is 5.78. The maximum atomic E-state index is 2.34. The van der Waals surface area contributed by atoms with Crippen LogP contribution in [0.1, 0.15) is 50.7 Å². The standard InChI is InChI=1S/C11H18S/c1-4-6-9(3)11-8-12-7-10(11)5-2/h7-9H,4-6H2,1-3H3. The Morgan fingerprint density at radius 1 is 1.33 bits per heavy atom. The van der Waals surface area contributed by atoms with Gasteiger partial charge in [-0.25, -0.2) is 0 Å². The van der Waals surface area contributed by atoms with Gasteiger partial charge >= 0.3 is 0 Å². The summed E-state index contributed by atoms with van der Waals surface area (Å²) in [5, 5.41) is 4.61. The molecule has 0 aliphatic carbocycles. The topological polar surface area (TPSA) is 0 Å². The van der Waals surface area contributed by atoms with Crippen LogP contribution in [-0.4, -0.2) is 0 Å². The average Bonchev–Trinajstić information content (AvgIpc) is 2.51. The fourth-order valence-electron chi connectivity index (χ4n) is 1.64. The van der Waals surface area contributed by atoms with E-state index in [2.05, 4.69) is 31.5 Å². The van der Waals surface area contributed by atoms with Gasteiger partial charge in [0.1, 0.15) is 0 Å². The summed E-state index contributed by atoms with van der Waals surface area (Å²) < 4.78 is 0. The molecule has 0 fully saturated rings. The van der Waals surface area contributed by atoms with Gasteiger partial charge in [-0.1, -0.05) is 27.2 Å². The molecule has 0 aliphatic rings. The first kappa shape index (κ1) is 9.79. The van der Waals surface area contributed by atoms with E-state index in [9.17, 15) is 0 Å². The zero-order valence-electron chi connectivity index (χ0n) is 8.26. The van der Waals surface area contributed by atoms with Crippen LogP contribution in [0.2, 0.25) is 0 Å². The molecule has 1 unspecified atom stereocenters. The summed E-state index contributed by atoms with van der Waals surface area (Å²) >= 11 is 1.84. The molecular weight excluding hydrogens is 164 g/mol. The fourth-order valence-corrected chi connectivity index (χ4v) is 2.71.